The van der Waals surface area contributed by atoms with Crippen molar-refractivity contribution in [3.05, 3.63) is 24.3 Å². The highest BCUT2D eigenvalue weighted by Gasteiger charge is 2.21. The van der Waals surface area contributed by atoms with Crippen molar-refractivity contribution in [3.8, 4) is 0 Å². The number of hydrogen-bond donors (Lipinski definition) is 1. The Morgan fingerprint density at radius 3 is 2.78 bits per heavy atom. The average molecular weight is 248 g/mol. The molecule has 0 bridgehead atoms. The molecule has 1 unspecified atom stereocenters. The lowest BCUT2D eigenvalue weighted by atomic mass is 9.97. The molecule has 0 amide bonds. The zero-order chi connectivity index (χ0) is 12.8. The van der Waals surface area contributed by atoms with Gasteiger partial charge >= 0.3 is 0 Å². The summed E-state index contributed by atoms with van der Waals surface area (Å²) in [4.78, 5) is 11.1. The van der Waals surface area contributed by atoms with Gasteiger partial charge in [-0.15, -0.1) is 0 Å². The Labute approximate surface area is 110 Å². The zero-order valence-electron chi connectivity index (χ0n) is 11.5. The third kappa shape index (κ3) is 3.50. The third-order valence-electron chi connectivity index (χ3n) is 3.92. The standard InChI is InChI=1S/C14H24N4/c1-3-18(11-13-4-6-15-7-5-13)12(2)14-10-16-8-9-17-14/h8-10,12-13,15H,3-7,11H2,1-2H3. The van der Waals surface area contributed by atoms with Crippen molar-refractivity contribution in [1.29, 1.82) is 0 Å². The maximum absolute atomic E-state index is 4.42. The summed E-state index contributed by atoms with van der Waals surface area (Å²) in [5.41, 5.74) is 1.08. The average Bonchev–Trinajstić information content (AvgIpc) is 2.46. The lowest BCUT2D eigenvalue weighted by Crippen LogP contribution is -2.37. The molecule has 0 aromatic carbocycles. The van der Waals surface area contributed by atoms with Crippen LogP contribution in [0.1, 0.15) is 38.4 Å². The molecule has 4 heteroatoms. The van der Waals surface area contributed by atoms with Crippen LogP contribution in [0, 0.1) is 5.92 Å². The van der Waals surface area contributed by atoms with Crippen molar-refractivity contribution in [2.24, 2.45) is 5.92 Å². The molecule has 0 spiro atoms. The molecule has 1 fully saturated rings. The van der Waals surface area contributed by atoms with E-state index in [0.29, 0.717) is 6.04 Å². The van der Waals surface area contributed by atoms with Gasteiger partial charge in [-0.3, -0.25) is 14.9 Å². The number of nitrogens with one attached hydrogen (secondary N) is 1. The van der Waals surface area contributed by atoms with Gasteiger partial charge in [-0.2, -0.15) is 0 Å². The fourth-order valence-electron chi connectivity index (χ4n) is 2.67. The molecule has 18 heavy (non-hydrogen) atoms. The van der Waals surface area contributed by atoms with E-state index in [9.17, 15) is 0 Å². The molecule has 1 aliphatic heterocycles. The first-order valence-corrected chi connectivity index (χ1v) is 7.02. The number of nitrogens with zero attached hydrogens (tertiary/aromatic N) is 3. The fourth-order valence-corrected chi connectivity index (χ4v) is 2.67. The highest BCUT2D eigenvalue weighted by Crippen LogP contribution is 2.21. The minimum absolute atomic E-state index is 0.360. The fraction of sp³-hybridized carbons (Fsp3) is 0.714. The molecule has 0 radical (unpaired) electrons. The van der Waals surface area contributed by atoms with Gasteiger partial charge in [-0.25, -0.2) is 0 Å². The Hall–Kier alpha value is -1.00. The van der Waals surface area contributed by atoms with Gasteiger partial charge in [-0.1, -0.05) is 6.92 Å². The summed E-state index contributed by atoms with van der Waals surface area (Å²) in [5.74, 6) is 0.824. The second-order valence-corrected chi connectivity index (χ2v) is 5.09. The Morgan fingerprint density at radius 2 is 2.17 bits per heavy atom. The Morgan fingerprint density at radius 1 is 1.39 bits per heavy atom. The number of rotatable bonds is 5. The lowest BCUT2D eigenvalue weighted by Gasteiger charge is -2.33. The van der Waals surface area contributed by atoms with Crippen LogP contribution in [0.15, 0.2) is 18.6 Å². The Balaban J connectivity index is 1.95. The summed E-state index contributed by atoms with van der Waals surface area (Å²) in [6.07, 6.45) is 7.99. The van der Waals surface area contributed by atoms with E-state index in [1.54, 1.807) is 12.4 Å². The quantitative estimate of drug-likeness (QED) is 0.863. The largest absolute Gasteiger partial charge is 0.317 e. The SMILES string of the molecule is CCN(CC1CCNCC1)C(C)c1cnccn1. The summed E-state index contributed by atoms with van der Waals surface area (Å²) >= 11 is 0. The van der Waals surface area contributed by atoms with Gasteiger partial charge in [0.15, 0.2) is 0 Å². The summed E-state index contributed by atoms with van der Waals surface area (Å²) < 4.78 is 0. The van der Waals surface area contributed by atoms with Gasteiger partial charge in [0, 0.05) is 25.1 Å². The Bertz CT molecular complexity index is 335. The van der Waals surface area contributed by atoms with Crippen LogP contribution in [0.25, 0.3) is 0 Å². The van der Waals surface area contributed by atoms with Crippen LogP contribution in [-0.2, 0) is 0 Å². The minimum Gasteiger partial charge on any atom is -0.317 e. The molecule has 1 aliphatic rings. The van der Waals surface area contributed by atoms with Crippen LogP contribution in [0.5, 0.6) is 0 Å². The van der Waals surface area contributed by atoms with Gasteiger partial charge in [0.05, 0.1) is 11.7 Å². The maximum atomic E-state index is 4.42. The van der Waals surface area contributed by atoms with E-state index in [0.717, 1.165) is 18.2 Å². The summed E-state index contributed by atoms with van der Waals surface area (Å²) in [6, 6.07) is 0.360. The van der Waals surface area contributed by atoms with E-state index in [1.807, 2.05) is 6.20 Å². The van der Waals surface area contributed by atoms with Crippen molar-refractivity contribution in [2.75, 3.05) is 26.2 Å². The van der Waals surface area contributed by atoms with Crippen LogP contribution < -0.4 is 5.32 Å². The molecular weight excluding hydrogens is 224 g/mol. The van der Waals surface area contributed by atoms with Crippen molar-refractivity contribution < 1.29 is 0 Å². The molecule has 2 rings (SSSR count). The first-order chi connectivity index (χ1) is 8.81. The zero-order valence-corrected chi connectivity index (χ0v) is 11.5. The van der Waals surface area contributed by atoms with Crippen molar-refractivity contribution in [1.82, 2.24) is 20.2 Å². The summed E-state index contributed by atoms with van der Waals surface area (Å²) in [6.45, 7) is 9.05. The Kier molecular flexibility index (Phi) is 5.08. The normalized spacial score (nSPS) is 19.1. The predicted octanol–water partition coefficient (Wildman–Crippen LogP) is 1.86. The second kappa shape index (κ2) is 6.81. The molecule has 1 aromatic rings. The highest BCUT2D eigenvalue weighted by molar-refractivity contribution is 5.01. The van der Waals surface area contributed by atoms with Crippen LogP contribution in [0.3, 0.4) is 0 Å². The van der Waals surface area contributed by atoms with Gasteiger partial charge in [0.1, 0.15) is 0 Å². The van der Waals surface area contributed by atoms with E-state index in [4.69, 9.17) is 0 Å². The smallest absolute Gasteiger partial charge is 0.0755 e. The molecule has 0 aliphatic carbocycles. The lowest BCUT2D eigenvalue weighted by molar-refractivity contribution is 0.166. The van der Waals surface area contributed by atoms with Gasteiger partial charge in [0.2, 0.25) is 0 Å². The molecule has 1 atom stereocenters. The predicted molar refractivity (Wildman–Crippen MR) is 73.3 cm³/mol. The van der Waals surface area contributed by atoms with Crippen molar-refractivity contribution >= 4 is 0 Å². The van der Waals surface area contributed by atoms with Crippen LogP contribution in [-0.4, -0.2) is 41.0 Å². The first-order valence-electron chi connectivity index (χ1n) is 7.02. The molecular formula is C14H24N4. The van der Waals surface area contributed by atoms with E-state index < -0.39 is 0 Å². The van der Waals surface area contributed by atoms with Gasteiger partial charge in [0.25, 0.3) is 0 Å². The monoisotopic (exact) mass is 248 g/mol. The van der Waals surface area contributed by atoms with Crippen LogP contribution in [0.4, 0.5) is 0 Å². The van der Waals surface area contributed by atoms with Crippen molar-refractivity contribution in [2.45, 2.75) is 32.7 Å². The molecule has 1 aromatic heterocycles. The van der Waals surface area contributed by atoms with Crippen LogP contribution in [0.2, 0.25) is 0 Å². The number of piperidine rings is 1. The summed E-state index contributed by atoms with van der Waals surface area (Å²) in [7, 11) is 0. The topological polar surface area (TPSA) is 41.0 Å². The molecule has 4 nitrogen and oxygen atoms in total. The second-order valence-electron chi connectivity index (χ2n) is 5.09. The van der Waals surface area contributed by atoms with E-state index in [2.05, 4.69) is 34.0 Å². The highest BCUT2D eigenvalue weighted by atomic mass is 15.2. The molecule has 1 saturated heterocycles. The molecule has 100 valence electrons. The van der Waals surface area contributed by atoms with E-state index in [1.165, 1.54) is 32.5 Å². The van der Waals surface area contributed by atoms with E-state index in [-0.39, 0.29) is 0 Å². The third-order valence-corrected chi connectivity index (χ3v) is 3.92. The maximum Gasteiger partial charge on any atom is 0.0755 e. The number of hydrogen-bond acceptors (Lipinski definition) is 4. The first kappa shape index (κ1) is 13.4. The minimum atomic E-state index is 0.360. The van der Waals surface area contributed by atoms with E-state index >= 15 is 0 Å². The number of aromatic nitrogens is 2. The van der Waals surface area contributed by atoms with Gasteiger partial charge < -0.3 is 5.32 Å². The molecule has 1 N–H and O–H groups in total. The van der Waals surface area contributed by atoms with Crippen molar-refractivity contribution in [3.63, 3.8) is 0 Å². The molecule has 0 saturated carbocycles. The summed E-state index contributed by atoms with van der Waals surface area (Å²) in [5, 5.41) is 3.43. The van der Waals surface area contributed by atoms with Crippen LogP contribution >= 0.6 is 0 Å². The van der Waals surface area contributed by atoms with Gasteiger partial charge in [-0.05, 0) is 45.3 Å². The molecule has 2 heterocycles.